The fourth-order valence-electron chi connectivity index (χ4n) is 3.48. The summed E-state index contributed by atoms with van der Waals surface area (Å²) in [6, 6.07) is 4.57. The molecule has 0 radical (unpaired) electrons. The maximum absolute atomic E-state index is 13.7. The molecule has 1 saturated heterocycles. The minimum Gasteiger partial charge on any atom is -0.444 e. The maximum Gasteiger partial charge on any atom is 0.410 e. The first kappa shape index (κ1) is 19.3. The highest BCUT2D eigenvalue weighted by Crippen LogP contribution is 2.28. The summed E-state index contributed by atoms with van der Waals surface area (Å²) in [5, 5.41) is 0.721. The molecule has 6 nitrogen and oxygen atoms in total. The molecule has 1 fully saturated rings. The van der Waals surface area contributed by atoms with Gasteiger partial charge in [0, 0.05) is 32.1 Å². The van der Waals surface area contributed by atoms with Crippen LogP contribution in [-0.2, 0) is 4.74 Å². The van der Waals surface area contributed by atoms with Crippen molar-refractivity contribution in [1.82, 2.24) is 14.9 Å². The maximum atomic E-state index is 13.7. The van der Waals surface area contributed by atoms with Crippen LogP contribution in [0.3, 0.4) is 0 Å². The summed E-state index contributed by atoms with van der Waals surface area (Å²) in [7, 11) is 1.77. The molecule has 2 heterocycles. The molecule has 0 N–H and O–H groups in total. The second kappa shape index (κ2) is 7.66. The van der Waals surface area contributed by atoms with Crippen molar-refractivity contribution >= 4 is 22.8 Å². The van der Waals surface area contributed by atoms with Gasteiger partial charge in [0.1, 0.15) is 23.6 Å². The molecule has 27 heavy (non-hydrogen) atoms. The predicted molar refractivity (Wildman–Crippen MR) is 103 cm³/mol. The molecule has 1 atom stereocenters. The van der Waals surface area contributed by atoms with Gasteiger partial charge >= 0.3 is 6.09 Å². The minimum absolute atomic E-state index is 0.295. The van der Waals surface area contributed by atoms with E-state index < -0.39 is 5.60 Å². The smallest absolute Gasteiger partial charge is 0.410 e. The van der Waals surface area contributed by atoms with Crippen LogP contribution in [0, 0.1) is 11.7 Å². The third-order valence-corrected chi connectivity index (χ3v) is 4.63. The van der Waals surface area contributed by atoms with Gasteiger partial charge in [-0.15, -0.1) is 0 Å². The van der Waals surface area contributed by atoms with Gasteiger partial charge < -0.3 is 14.5 Å². The second-order valence-corrected chi connectivity index (χ2v) is 8.17. The number of hydrogen-bond donors (Lipinski definition) is 0. The van der Waals surface area contributed by atoms with Crippen molar-refractivity contribution in [3.8, 4) is 0 Å². The molecule has 1 aliphatic rings. The van der Waals surface area contributed by atoms with Crippen LogP contribution in [0.25, 0.3) is 10.9 Å². The summed E-state index contributed by atoms with van der Waals surface area (Å²) in [5.41, 5.74) is 0.225. The molecule has 1 aliphatic heterocycles. The number of piperidine rings is 1. The van der Waals surface area contributed by atoms with Crippen molar-refractivity contribution in [3.63, 3.8) is 0 Å². The Balaban J connectivity index is 1.72. The van der Waals surface area contributed by atoms with Crippen LogP contribution in [0.5, 0.6) is 0 Å². The molecule has 0 saturated carbocycles. The van der Waals surface area contributed by atoms with Crippen molar-refractivity contribution in [3.05, 3.63) is 30.3 Å². The summed E-state index contributed by atoms with van der Waals surface area (Å²) >= 11 is 0. The third-order valence-electron chi connectivity index (χ3n) is 4.63. The highest BCUT2D eigenvalue weighted by atomic mass is 19.1. The van der Waals surface area contributed by atoms with Crippen LogP contribution >= 0.6 is 0 Å². The average Bonchev–Trinajstić information content (AvgIpc) is 2.60. The minimum atomic E-state index is -0.506. The van der Waals surface area contributed by atoms with Gasteiger partial charge in [-0.3, -0.25) is 0 Å². The Morgan fingerprint density at radius 1 is 1.37 bits per heavy atom. The summed E-state index contributed by atoms with van der Waals surface area (Å²) in [5.74, 6) is 0.760. The number of carbonyl (C=O) groups excluding carboxylic acids is 1. The Morgan fingerprint density at radius 2 is 2.15 bits per heavy atom. The lowest BCUT2D eigenvalue weighted by Crippen LogP contribution is -2.43. The number of carbonyl (C=O) groups is 1. The quantitative estimate of drug-likeness (QED) is 0.817. The molecule has 146 valence electrons. The molecule has 0 bridgehead atoms. The van der Waals surface area contributed by atoms with Gasteiger partial charge in [-0.2, -0.15) is 0 Å². The fourth-order valence-corrected chi connectivity index (χ4v) is 3.48. The van der Waals surface area contributed by atoms with E-state index in [1.54, 1.807) is 18.0 Å². The topological polar surface area (TPSA) is 58.6 Å². The fraction of sp³-hybridized carbons (Fsp3) is 0.550. The van der Waals surface area contributed by atoms with E-state index in [1.165, 1.54) is 18.5 Å². The number of halogens is 1. The number of aromatic nitrogens is 2. The zero-order valence-electron chi connectivity index (χ0n) is 16.4. The SMILES string of the molecule is CN(CC1CCCN(c2ncnc3ccc(F)cc23)C1)C(=O)OC(C)(C)C. The van der Waals surface area contributed by atoms with Gasteiger partial charge in [0.05, 0.1) is 5.52 Å². The predicted octanol–water partition coefficient (Wildman–Crippen LogP) is 3.85. The second-order valence-electron chi connectivity index (χ2n) is 8.17. The Kier molecular flexibility index (Phi) is 5.48. The van der Waals surface area contributed by atoms with Gasteiger partial charge in [0.15, 0.2) is 0 Å². The Labute approximate surface area is 159 Å². The van der Waals surface area contributed by atoms with E-state index in [9.17, 15) is 9.18 Å². The first-order chi connectivity index (χ1) is 12.7. The molecule has 0 aliphatic carbocycles. The van der Waals surface area contributed by atoms with E-state index in [1.807, 2.05) is 20.8 Å². The van der Waals surface area contributed by atoms with Crippen molar-refractivity contribution in [2.75, 3.05) is 31.6 Å². The normalized spacial score (nSPS) is 17.8. The van der Waals surface area contributed by atoms with Crippen LogP contribution in [0.1, 0.15) is 33.6 Å². The molecular weight excluding hydrogens is 347 g/mol. The van der Waals surface area contributed by atoms with Crippen molar-refractivity contribution in [1.29, 1.82) is 0 Å². The zero-order valence-corrected chi connectivity index (χ0v) is 16.4. The number of hydrogen-bond acceptors (Lipinski definition) is 5. The summed E-state index contributed by atoms with van der Waals surface area (Å²) in [6.07, 6.45) is 3.23. The van der Waals surface area contributed by atoms with Crippen molar-refractivity contribution in [2.24, 2.45) is 5.92 Å². The van der Waals surface area contributed by atoms with Gasteiger partial charge in [-0.05, 0) is 57.7 Å². The number of anilines is 1. The van der Waals surface area contributed by atoms with Gasteiger partial charge in [0.2, 0.25) is 0 Å². The van der Waals surface area contributed by atoms with E-state index in [2.05, 4.69) is 14.9 Å². The van der Waals surface area contributed by atoms with E-state index in [0.717, 1.165) is 42.7 Å². The van der Waals surface area contributed by atoms with Crippen molar-refractivity contribution in [2.45, 2.75) is 39.2 Å². The highest BCUT2D eigenvalue weighted by molar-refractivity contribution is 5.89. The summed E-state index contributed by atoms with van der Waals surface area (Å²) < 4.78 is 19.2. The van der Waals surface area contributed by atoms with Crippen LogP contribution < -0.4 is 4.90 Å². The lowest BCUT2D eigenvalue weighted by molar-refractivity contribution is 0.0269. The Morgan fingerprint density at radius 3 is 2.89 bits per heavy atom. The van der Waals surface area contributed by atoms with Gasteiger partial charge in [-0.1, -0.05) is 0 Å². The molecule has 3 rings (SSSR count). The standard InChI is InChI=1S/C20H27FN4O2/c1-20(2,3)27-19(26)24(4)11-14-6-5-9-25(12-14)18-16-10-15(21)7-8-17(16)22-13-23-18/h7-8,10,13-14H,5-6,9,11-12H2,1-4H3. The molecule has 7 heteroatoms. The molecule has 1 aromatic carbocycles. The molecule has 1 aromatic heterocycles. The number of ether oxygens (including phenoxy) is 1. The summed E-state index contributed by atoms with van der Waals surface area (Å²) in [4.78, 5) is 24.7. The van der Waals surface area contributed by atoms with Crippen LogP contribution in [0.4, 0.5) is 15.0 Å². The van der Waals surface area contributed by atoms with E-state index in [4.69, 9.17) is 4.74 Å². The van der Waals surface area contributed by atoms with E-state index >= 15 is 0 Å². The number of benzene rings is 1. The van der Waals surface area contributed by atoms with Gasteiger partial charge in [-0.25, -0.2) is 19.2 Å². The van der Waals surface area contributed by atoms with Crippen molar-refractivity contribution < 1.29 is 13.9 Å². The third kappa shape index (κ3) is 4.84. The Hall–Kier alpha value is -2.44. The lowest BCUT2D eigenvalue weighted by atomic mass is 9.97. The molecule has 1 amide bonds. The molecular formula is C20H27FN4O2. The number of amides is 1. The molecule has 1 unspecified atom stereocenters. The number of fused-ring (bicyclic) bond motifs is 1. The molecule has 0 spiro atoms. The van der Waals surface area contributed by atoms with Crippen LogP contribution in [-0.4, -0.2) is 53.2 Å². The molecule has 2 aromatic rings. The van der Waals surface area contributed by atoms with Crippen LogP contribution in [0.2, 0.25) is 0 Å². The first-order valence-corrected chi connectivity index (χ1v) is 9.32. The zero-order chi connectivity index (χ0) is 19.6. The first-order valence-electron chi connectivity index (χ1n) is 9.32. The van der Waals surface area contributed by atoms with Gasteiger partial charge in [0.25, 0.3) is 0 Å². The number of nitrogens with zero attached hydrogens (tertiary/aromatic N) is 4. The van der Waals surface area contributed by atoms with E-state index in [0.29, 0.717) is 12.5 Å². The van der Waals surface area contributed by atoms with Crippen LogP contribution in [0.15, 0.2) is 24.5 Å². The lowest BCUT2D eigenvalue weighted by Gasteiger charge is -2.36. The number of rotatable bonds is 3. The average molecular weight is 374 g/mol. The summed E-state index contributed by atoms with van der Waals surface area (Å²) in [6.45, 7) is 7.81. The largest absolute Gasteiger partial charge is 0.444 e. The Bertz CT molecular complexity index is 821. The highest BCUT2D eigenvalue weighted by Gasteiger charge is 2.26. The van der Waals surface area contributed by atoms with E-state index in [-0.39, 0.29) is 11.9 Å². The monoisotopic (exact) mass is 374 g/mol.